The van der Waals surface area contributed by atoms with Gasteiger partial charge in [-0.1, -0.05) is 20.8 Å². The maximum absolute atomic E-state index is 4.62. The first-order chi connectivity index (χ1) is 9.56. The molecule has 0 saturated heterocycles. The molecule has 0 aliphatic rings. The number of imidazole rings is 1. The van der Waals surface area contributed by atoms with Crippen molar-refractivity contribution in [3.05, 3.63) is 18.2 Å². The molecule has 0 aromatic carbocycles. The van der Waals surface area contributed by atoms with Crippen molar-refractivity contribution in [1.29, 1.82) is 0 Å². The van der Waals surface area contributed by atoms with Gasteiger partial charge in [0, 0.05) is 31.5 Å². The van der Waals surface area contributed by atoms with E-state index >= 15 is 0 Å². The number of nitrogens with zero attached hydrogens (tertiary/aromatic N) is 3. The number of aromatic nitrogens is 2. The van der Waals surface area contributed by atoms with Crippen LogP contribution in [0.3, 0.4) is 0 Å². The van der Waals surface area contributed by atoms with Crippen molar-refractivity contribution in [1.82, 2.24) is 20.2 Å². The van der Waals surface area contributed by atoms with Crippen molar-refractivity contribution in [2.24, 2.45) is 10.9 Å². The van der Waals surface area contributed by atoms with E-state index in [4.69, 9.17) is 0 Å². The number of halogens is 1. The van der Waals surface area contributed by atoms with Gasteiger partial charge < -0.3 is 15.2 Å². The molecule has 0 spiro atoms. The SMILES string of the molecule is CCNC(=NCc1nccn1CC(C)C)NC(C)CC.I. The Hall–Kier alpha value is -0.790. The molecule has 1 atom stereocenters. The minimum Gasteiger partial charge on any atom is -0.357 e. The summed E-state index contributed by atoms with van der Waals surface area (Å²) in [6, 6.07) is 0.420. The smallest absolute Gasteiger partial charge is 0.191 e. The lowest BCUT2D eigenvalue weighted by atomic mass is 10.2. The first kappa shape index (κ1) is 20.2. The van der Waals surface area contributed by atoms with Crippen molar-refractivity contribution in [2.45, 2.75) is 60.2 Å². The summed E-state index contributed by atoms with van der Waals surface area (Å²) in [4.78, 5) is 9.02. The first-order valence-corrected chi connectivity index (χ1v) is 7.61. The lowest BCUT2D eigenvalue weighted by Crippen LogP contribution is -2.42. The minimum atomic E-state index is 0. The van der Waals surface area contributed by atoms with Crippen LogP contribution in [0.5, 0.6) is 0 Å². The summed E-state index contributed by atoms with van der Waals surface area (Å²) in [6.45, 7) is 13.3. The van der Waals surface area contributed by atoms with Crippen LogP contribution in [0.1, 0.15) is 46.9 Å². The number of aliphatic imine (C=N–C) groups is 1. The van der Waals surface area contributed by atoms with Gasteiger partial charge >= 0.3 is 0 Å². The van der Waals surface area contributed by atoms with E-state index in [2.05, 4.69) is 59.8 Å². The molecule has 21 heavy (non-hydrogen) atoms. The largest absolute Gasteiger partial charge is 0.357 e. The lowest BCUT2D eigenvalue weighted by molar-refractivity contribution is 0.507. The van der Waals surface area contributed by atoms with Crippen molar-refractivity contribution >= 4 is 29.9 Å². The maximum atomic E-state index is 4.62. The second-order valence-corrected chi connectivity index (χ2v) is 5.54. The molecule has 0 fully saturated rings. The monoisotopic (exact) mass is 407 g/mol. The van der Waals surface area contributed by atoms with Crippen LogP contribution in [0.4, 0.5) is 0 Å². The van der Waals surface area contributed by atoms with Gasteiger partial charge in [-0.2, -0.15) is 0 Å². The van der Waals surface area contributed by atoms with Crippen LogP contribution in [-0.2, 0) is 13.1 Å². The molecule has 0 aliphatic carbocycles. The molecule has 5 nitrogen and oxygen atoms in total. The molecule has 0 radical (unpaired) electrons. The van der Waals surface area contributed by atoms with E-state index in [1.54, 1.807) is 0 Å². The molecular formula is C15H30IN5. The zero-order valence-corrected chi connectivity index (χ0v) is 16.2. The molecule has 1 aromatic heterocycles. The summed E-state index contributed by atoms with van der Waals surface area (Å²) in [6.07, 6.45) is 4.95. The molecule has 1 heterocycles. The van der Waals surface area contributed by atoms with Gasteiger partial charge in [-0.3, -0.25) is 0 Å². The predicted molar refractivity (Wildman–Crippen MR) is 100 cm³/mol. The molecule has 1 unspecified atom stereocenters. The average molecular weight is 407 g/mol. The molecule has 2 N–H and O–H groups in total. The molecular weight excluding hydrogens is 377 g/mol. The average Bonchev–Trinajstić information content (AvgIpc) is 2.82. The van der Waals surface area contributed by atoms with Crippen molar-refractivity contribution in [3.8, 4) is 0 Å². The lowest BCUT2D eigenvalue weighted by Gasteiger charge is -2.16. The predicted octanol–water partition coefficient (Wildman–Crippen LogP) is 3.01. The second kappa shape index (κ2) is 10.9. The zero-order valence-electron chi connectivity index (χ0n) is 13.9. The van der Waals surface area contributed by atoms with Crippen molar-refractivity contribution in [3.63, 3.8) is 0 Å². The summed E-state index contributed by atoms with van der Waals surface area (Å²) in [7, 11) is 0. The van der Waals surface area contributed by atoms with Crippen LogP contribution in [0.15, 0.2) is 17.4 Å². The fraction of sp³-hybridized carbons (Fsp3) is 0.733. The first-order valence-electron chi connectivity index (χ1n) is 7.61. The Kier molecular flexibility index (Phi) is 10.5. The summed E-state index contributed by atoms with van der Waals surface area (Å²) in [5.41, 5.74) is 0. The Balaban J connectivity index is 0.00000400. The summed E-state index contributed by atoms with van der Waals surface area (Å²) in [5, 5.41) is 6.66. The molecule has 0 aliphatic heterocycles. The quantitative estimate of drug-likeness (QED) is 0.415. The molecule has 0 bridgehead atoms. The highest BCUT2D eigenvalue weighted by Gasteiger charge is 2.06. The third kappa shape index (κ3) is 7.68. The maximum Gasteiger partial charge on any atom is 0.191 e. The standard InChI is InChI=1S/C15H29N5.HI/c1-6-13(5)19-15(16-7-2)18-10-14-17-8-9-20(14)11-12(3)4;/h8-9,12-13H,6-7,10-11H2,1-5H3,(H2,16,18,19);1H. The minimum absolute atomic E-state index is 0. The van der Waals surface area contributed by atoms with E-state index in [1.165, 1.54) is 0 Å². The van der Waals surface area contributed by atoms with Gasteiger partial charge in [0.05, 0.1) is 0 Å². The number of hydrogen-bond donors (Lipinski definition) is 2. The van der Waals surface area contributed by atoms with Gasteiger partial charge in [0.2, 0.25) is 0 Å². The third-order valence-corrected chi connectivity index (χ3v) is 3.08. The Morgan fingerprint density at radius 1 is 1.33 bits per heavy atom. The van der Waals surface area contributed by atoms with E-state index in [-0.39, 0.29) is 24.0 Å². The van der Waals surface area contributed by atoms with Crippen molar-refractivity contribution < 1.29 is 0 Å². The number of guanidine groups is 1. The topological polar surface area (TPSA) is 54.2 Å². The van der Waals surface area contributed by atoms with Crippen molar-refractivity contribution in [2.75, 3.05) is 6.54 Å². The molecule has 1 aromatic rings. The van der Waals surface area contributed by atoms with Gasteiger partial charge in [-0.25, -0.2) is 9.98 Å². The van der Waals surface area contributed by atoms with Gasteiger partial charge in [0.25, 0.3) is 0 Å². The Bertz CT molecular complexity index is 414. The number of hydrogen-bond acceptors (Lipinski definition) is 2. The van der Waals surface area contributed by atoms with Crippen LogP contribution in [0.25, 0.3) is 0 Å². The molecule has 0 amide bonds. The summed E-state index contributed by atoms with van der Waals surface area (Å²) in [5.74, 6) is 2.49. The summed E-state index contributed by atoms with van der Waals surface area (Å²) >= 11 is 0. The van der Waals surface area contributed by atoms with Crippen LogP contribution in [0.2, 0.25) is 0 Å². The van der Waals surface area contributed by atoms with Crippen LogP contribution in [0, 0.1) is 5.92 Å². The van der Waals surface area contributed by atoms with Crippen LogP contribution >= 0.6 is 24.0 Å². The second-order valence-electron chi connectivity index (χ2n) is 5.54. The highest BCUT2D eigenvalue weighted by Crippen LogP contribution is 2.05. The fourth-order valence-electron chi connectivity index (χ4n) is 1.86. The van der Waals surface area contributed by atoms with Crippen LogP contribution in [-0.4, -0.2) is 28.1 Å². The van der Waals surface area contributed by atoms with E-state index in [9.17, 15) is 0 Å². The normalized spacial score (nSPS) is 13.0. The van der Waals surface area contributed by atoms with Gasteiger partial charge in [-0.05, 0) is 26.2 Å². The Morgan fingerprint density at radius 3 is 2.62 bits per heavy atom. The van der Waals surface area contributed by atoms with Gasteiger partial charge in [-0.15, -0.1) is 24.0 Å². The fourth-order valence-corrected chi connectivity index (χ4v) is 1.86. The highest BCUT2D eigenvalue weighted by atomic mass is 127. The Labute approximate surface area is 146 Å². The molecule has 6 heteroatoms. The van der Waals surface area contributed by atoms with E-state index < -0.39 is 0 Å². The molecule has 122 valence electrons. The highest BCUT2D eigenvalue weighted by molar-refractivity contribution is 14.0. The Morgan fingerprint density at radius 2 is 2.05 bits per heavy atom. The number of nitrogens with one attached hydrogen (secondary N) is 2. The number of rotatable bonds is 7. The zero-order chi connectivity index (χ0) is 15.0. The summed E-state index contributed by atoms with van der Waals surface area (Å²) < 4.78 is 2.18. The van der Waals surface area contributed by atoms with Crippen LogP contribution < -0.4 is 10.6 Å². The van der Waals surface area contributed by atoms with Gasteiger partial charge in [0.1, 0.15) is 12.4 Å². The molecule has 0 saturated carbocycles. The van der Waals surface area contributed by atoms with E-state index in [1.807, 2.05) is 12.4 Å². The van der Waals surface area contributed by atoms with E-state index in [0.717, 1.165) is 31.3 Å². The molecule has 1 rings (SSSR count). The van der Waals surface area contributed by atoms with E-state index in [0.29, 0.717) is 18.5 Å². The van der Waals surface area contributed by atoms with Gasteiger partial charge in [0.15, 0.2) is 5.96 Å². The third-order valence-electron chi connectivity index (χ3n) is 3.08.